The van der Waals surface area contributed by atoms with E-state index in [1.165, 1.54) is 25.7 Å². The van der Waals surface area contributed by atoms with E-state index in [9.17, 15) is 4.79 Å². The molecule has 0 heterocycles. The number of amides is 1. The summed E-state index contributed by atoms with van der Waals surface area (Å²) in [6.07, 6.45) is 5.58. The van der Waals surface area contributed by atoms with Crippen molar-refractivity contribution < 1.29 is 4.79 Å². The topological polar surface area (TPSA) is 29.1 Å². The van der Waals surface area contributed by atoms with Crippen LogP contribution in [0.15, 0.2) is 60.7 Å². The number of hydrogen-bond donors (Lipinski definition) is 1. The maximum absolute atomic E-state index is 12.7. The van der Waals surface area contributed by atoms with Gasteiger partial charge < -0.3 is 5.32 Å². The maximum atomic E-state index is 12.7. The minimum Gasteiger partial charge on any atom is -0.343 e. The molecule has 0 saturated heterocycles. The van der Waals surface area contributed by atoms with E-state index in [2.05, 4.69) is 36.5 Å². The summed E-state index contributed by atoms with van der Waals surface area (Å²) in [5.74, 6) is 0.720. The molecule has 23 heavy (non-hydrogen) atoms. The van der Waals surface area contributed by atoms with Crippen LogP contribution in [-0.2, 0) is 10.3 Å². The molecule has 1 aliphatic rings. The third-order valence-corrected chi connectivity index (χ3v) is 5.04. The zero-order valence-electron chi connectivity index (χ0n) is 13.8. The van der Waals surface area contributed by atoms with Crippen LogP contribution in [0.1, 0.15) is 50.2 Å². The largest absolute Gasteiger partial charge is 0.343 e. The van der Waals surface area contributed by atoms with Crippen molar-refractivity contribution in [3.8, 4) is 0 Å². The standard InChI is InChI=1S/C21H25NO/c1-21(18-12-4-2-5-13-18,19-14-6-3-7-15-19)22-20(23)16-17-10-8-9-11-17/h2-7,12-15,17H,8-11,16H2,1H3,(H,22,23). The molecule has 0 aromatic heterocycles. The summed E-state index contributed by atoms with van der Waals surface area (Å²) in [6, 6.07) is 20.5. The van der Waals surface area contributed by atoms with Crippen LogP contribution in [0.4, 0.5) is 0 Å². The Morgan fingerprint density at radius 1 is 0.957 bits per heavy atom. The van der Waals surface area contributed by atoms with Gasteiger partial charge >= 0.3 is 0 Å². The van der Waals surface area contributed by atoms with E-state index >= 15 is 0 Å². The second-order valence-corrected chi connectivity index (χ2v) is 6.76. The lowest BCUT2D eigenvalue weighted by atomic mass is 9.84. The van der Waals surface area contributed by atoms with Crippen LogP contribution in [0, 0.1) is 5.92 Å². The summed E-state index contributed by atoms with van der Waals surface area (Å²) in [6.45, 7) is 2.10. The first-order chi connectivity index (χ1) is 11.2. The molecule has 2 aromatic carbocycles. The first kappa shape index (κ1) is 15.8. The minimum atomic E-state index is -0.488. The summed E-state index contributed by atoms with van der Waals surface area (Å²) >= 11 is 0. The molecular weight excluding hydrogens is 282 g/mol. The quantitative estimate of drug-likeness (QED) is 0.856. The van der Waals surface area contributed by atoms with E-state index < -0.39 is 5.54 Å². The van der Waals surface area contributed by atoms with E-state index in [4.69, 9.17) is 0 Å². The Morgan fingerprint density at radius 2 is 1.43 bits per heavy atom. The van der Waals surface area contributed by atoms with Gasteiger partial charge in [-0.15, -0.1) is 0 Å². The molecule has 0 atom stereocenters. The first-order valence-corrected chi connectivity index (χ1v) is 8.60. The Hall–Kier alpha value is -2.09. The molecule has 0 aliphatic heterocycles. The van der Waals surface area contributed by atoms with Crippen LogP contribution in [0.5, 0.6) is 0 Å². The lowest BCUT2D eigenvalue weighted by Crippen LogP contribution is -2.44. The van der Waals surface area contributed by atoms with Gasteiger partial charge in [-0.25, -0.2) is 0 Å². The van der Waals surface area contributed by atoms with Crippen molar-refractivity contribution in [3.63, 3.8) is 0 Å². The Kier molecular flexibility index (Phi) is 4.80. The third-order valence-electron chi connectivity index (χ3n) is 5.04. The molecule has 1 saturated carbocycles. The molecule has 2 nitrogen and oxygen atoms in total. The van der Waals surface area contributed by atoms with Crippen LogP contribution in [0.25, 0.3) is 0 Å². The molecule has 0 spiro atoms. The number of rotatable bonds is 5. The molecule has 1 amide bonds. The smallest absolute Gasteiger partial charge is 0.221 e. The fourth-order valence-electron chi connectivity index (χ4n) is 3.66. The highest BCUT2D eigenvalue weighted by atomic mass is 16.1. The van der Waals surface area contributed by atoms with Gasteiger partial charge in [-0.1, -0.05) is 73.5 Å². The SMILES string of the molecule is CC(NC(=O)CC1CCCC1)(c1ccccc1)c1ccccc1. The Labute approximate surface area is 138 Å². The Balaban J connectivity index is 1.85. The predicted molar refractivity (Wildman–Crippen MR) is 94.1 cm³/mol. The Morgan fingerprint density at radius 3 is 1.91 bits per heavy atom. The number of nitrogens with one attached hydrogen (secondary N) is 1. The summed E-state index contributed by atoms with van der Waals surface area (Å²) < 4.78 is 0. The molecule has 2 aromatic rings. The van der Waals surface area contributed by atoms with Crippen molar-refractivity contribution in [2.75, 3.05) is 0 Å². The fraction of sp³-hybridized carbons (Fsp3) is 0.381. The van der Waals surface area contributed by atoms with E-state index in [-0.39, 0.29) is 5.91 Å². The van der Waals surface area contributed by atoms with Crippen LogP contribution in [0.3, 0.4) is 0 Å². The average Bonchev–Trinajstić information content (AvgIpc) is 3.09. The highest BCUT2D eigenvalue weighted by molar-refractivity contribution is 5.78. The summed E-state index contributed by atoms with van der Waals surface area (Å²) in [7, 11) is 0. The number of benzene rings is 2. The maximum Gasteiger partial charge on any atom is 0.221 e. The monoisotopic (exact) mass is 307 g/mol. The second-order valence-electron chi connectivity index (χ2n) is 6.76. The van der Waals surface area contributed by atoms with E-state index in [0.29, 0.717) is 12.3 Å². The summed E-state index contributed by atoms with van der Waals surface area (Å²) in [5.41, 5.74) is 1.75. The molecule has 120 valence electrons. The van der Waals surface area contributed by atoms with E-state index in [1.807, 2.05) is 36.4 Å². The Bertz CT molecular complexity index is 590. The van der Waals surface area contributed by atoms with Crippen LogP contribution in [-0.4, -0.2) is 5.91 Å². The number of hydrogen-bond acceptors (Lipinski definition) is 1. The third kappa shape index (κ3) is 3.64. The van der Waals surface area contributed by atoms with Crippen LogP contribution >= 0.6 is 0 Å². The zero-order valence-corrected chi connectivity index (χ0v) is 13.8. The van der Waals surface area contributed by atoms with Crippen LogP contribution in [0.2, 0.25) is 0 Å². The molecule has 0 unspecified atom stereocenters. The first-order valence-electron chi connectivity index (χ1n) is 8.60. The zero-order chi connectivity index (χ0) is 16.1. The lowest BCUT2D eigenvalue weighted by Gasteiger charge is -2.32. The lowest BCUT2D eigenvalue weighted by molar-refractivity contribution is -0.123. The molecular formula is C21H25NO. The van der Waals surface area contributed by atoms with Gasteiger partial charge in [0.15, 0.2) is 0 Å². The van der Waals surface area contributed by atoms with Gasteiger partial charge in [0.25, 0.3) is 0 Å². The fourth-order valence-corrected chi connectivity index (χ4v) is 3.66. The molecule has 0 radical (unpaired) electrons. The molecule has 1 aliphatic carbocycles. The van der Waals surface area contributed by atoms with Crippen LogP contribution < -0.4 is 5.32 Å². The summed E-state index contributed by atoms with van der Waals surface area (Å²) in [5, 5.41) is 3.31. The van der Waals surface area contributed by atoms with E-state index in [0.717, 1.165) is 11.1 Å². The van der Waals surface area contributed by atoms with Gasteiger partial charge in [0.05, 0.1) is 5.54 Å². The molecule has 3 rings (SSSR count). The van der Waals surface area contributed by atoms with Crippen molar-refractivity contribution in [2.45, 2.75) is 44.6 Å². The predicted octanol–water partition coefficient (Wildman–Crippen LogP) is 4.65. The van der Waals surface area contributed by atoms with Crippen molar-refractivity contribution >= 4 is 5.91 Å². The minimum absolute atomic E-state index is 0.159. The molecule has 0 bridgehead atoms. The van der Waals surface area contributed by atoms with Crippen molar-refractivity contribution in [1.82, 2.24) is 5.32 Å². The van der Waals surface area contributed by atoms with Crippen molar-refractivity contribution in [2.24, 2.45) is 5.92 Å². The average molecular weight is 307 g/mol. The highest BCUT2D eigenvalue weighted by Gasteiger charge is 2.31. The van der Waals surface area contributed by atoms with E-state index in [1.54, 1.807) is 0 Å². The van der Waals surface area contributed by atoms with Crippen molar-refractivity contribution in [1.29, 1.82) is 0 Å². The second kappa shape index (κ2) is 6.99. The molecule has 2 heteroatoms. The van der Waals surface area contributed by atoms with Gasteiger partial charge in [-0.3, -0.25) is 4.79 Å². The van der Waals surface area contributed by atoms with Gasteiger partial charge in [-0.2, -0.15) is 0 Å². The normalized spacial score (nSPS) is 15.5. The highest BCUT2D eigenvalue weighted by Crippen LogP contribution is 2.31. The van der Waals surface area contributed by atoms with Crippen molar-refractivity contribution in [3.05, 3.63) is 71.8 Å². The van der Waals surface area contributed by atoms with Gasteiger partial charge in [-0.05, 0) is 36.8 Å². The van der Waals surface area contributed by atoms with Gasteiger partial charge in [0, 0.05) is 6.42 Å². The molecule has 1 fully saturated rings. The summed E-state index contributed by atoms with van der Waals surface area (Å²) in [4.78, 5) is 12.7. The molecule has 1 N–H and O–H groups in total. The van der Waals surface area contributed by atoms with Gasteiger partial charge in [0.1, 0.15) is 0 Å². The number of carbonyl (C=O) groups excluding carboxylic acids is 1. The van der Waals surface area contributed by atoms with Gasteiger partial charge in [0.2, 0.25) is 5.91 Å². The number of carbonyl (C=O) groups is 1.